The molecule has 9 heteroatoms. The number of alkyl halides is 2. The van der Waals surface area contributed by atoms with Gasteiger partial charge in [0.05, 0.1) is 12.5 Å². The Kier molecular flexibility index (Phi) is 5.74. The molecule has 1 aliphatic rings. The fraction of sp³-hybridized carbons (Fsp3) is 0.333. The lowest BCUT2D eigenvalue weighted by Gasteiger charge is -2.15. The van der Waals surface area contributed by atoms with Crippen molar-refractivity contribution in [2.75, 3.05) is 11.9 Å². The minimum atomic E-state index is -2.72. The summed E-state index contributed by atoms with van der Waals surface area (Å²) in [6.07, 6.45) is 0. The van der Waals surface area contributed by atoms with Crippen molar-refractivity contribution in [3.63, 3.8) is 0 Å². The zero-order valence-electron chi connectivity index (χ0n) is 16.5. The van der Waals surface area contributed by atoms with Crippen LogP contribution in [0.5, 0.6) is 5.75 Å². The average Bonchev–Trinajstić information content (AvgIpc) is 3.10. The number of carbonyl (C=O) groups excluding carboxylic acids is 2. The molecule has 5 nitrogen and oxygen atoms in total. The summed E-state index contributed by atoms with van der Waals surface area (Å²) in [5.74, 6) is -7.25. The van der Waals surface area contributed by atoms with Gasteiger partial charge in [0, 0.05) is 11.6 Å². The van der Waals surface area contributed by atoms with E-state index in [-0.39, 0.29) is 6.61 Å². The van der Waals surface area contributed by atoms with E-state index >= 15 is 0 Å². The standard InChI is InChI=1S/C21H20F4N2O3/c1-10-7-13(8-11(2)18(10)30-9-14-12(3)21(14,24)25)26-20(29)27-19(28)17-15(22)5-4-6-16(17)23/h4-8,12,14H,9H2,1-3H3,(H2,26,27,28,29). The van der Waals surface area contributed by atoms with Crippen molar-refractivity contribution in [3.05, 3.63) is 58.7 Å². The van der Waals surface area contributed by atoms with Crippen LogP contribution in [0.4, 0.5) is 28.0 Å². The molecule has 3 amide bonds. The zero-order valence-corrected chi connectivity index (χ0v) is 16.5. The van der Waals surface area contributed by atoms with Crippen molar-refractivity contribution in [2.24, 2.45) is 11.8 Å². The average molecular weight is 424 g/mol. The van der Waals surface area contributed by atoms with Gasteiger partial charge in [-0.05, 0) is 49.2 Å². The zero-order chi connectivity index (χ0) is 22.2. The highest BCUT2D eigenvalue weighted by molar-refractivity contribution is 6.08. The van der Waals surface area contributed by atoms with Gasteiger partial charge in [-0.1, -0.05) is 13.0 Å². The summed E-state index contributed by atoms with van der Waals surface area (Å²) < 4.78 is 59.6. The number of nitrogens with one attached hydrogen (secondary N) is 2. The second-order valence-electron chi connectivity index (χ2n) is 7.32. The summed E-state index contributed by atoms with van der Waals surface area (Å²) in [6, 6.07) is 4.98. The van der Waals surface area contributed by atoms with Crippen molar-refractivity contribution >= 4 is 17.6 Å². The summed E-state index contributed by atoms with van der Waals surface area (Å²) in [4.78, 5) is 24.0. The van der Waals surface area contributed by atoms with Gasteiger partial charge >= 0.3 is 6.03 Å². The first-order chi connectivity index (χ1) is 14.0. The van der Waals surface area contributed by atoms with E-state index in [1.54, 1.807) is 13.8 Å². The van der Waals surface area contributed by atoms with E-state index in [1.165, 1.54) is 19.1 Å². The molecule has 0 heterocycles. The van der Waals surface area contributed by atoms with Crippen molar-refractivity contribution in [1.82, 2.24) is 5.32 Å². The molecular weight excluding hydrogens is 404 g/mol. The van der Waals surface area contributed by atoms with E-state index in [9.17, 15) is 27.2 Å². The molecule has 0 radical (unpaired) electrons. The smallest absolute Gasteiger partial charge is 0.326 e. The number of halogens is 4. The highest BCUT2D eigenvalue weighted by Gasteiger charge is 2.65. The molecule has 2 N–H and O–H groups in total. The SMILES string of the molecule is Cc1cc(NC(=O)NC(=O)c2c(F)cccc2F)cc(C)c1OCC1C(C)C1(F)F. The number of rotatable bonds is 5. The van der Waals surface area contributed by atoms with E-state index in [2.05, 4.69) is 5.32 Å². The third kappa shape index (κ3) is 4.24. The maximum atomic E-state index is 13.6. The fourth-order valence-electron chi connectivity index (χ4n) is 3.28. The number of hydrogen-bond acceptors (Lipinski definition) is 3. The van der Waals surface area contributed by atoms with Crippen LogP contribution >= 0.6 is 0 Å². The molecule has 1 saturated carbocycles. The molecule has 160 valence electrons. The van der Waals surface area contributed by atoms with Crippen molar-refractivity contribution in [2.45, 2.75) is 26.7 Å². The van der Waals surface area contributed by atoms with Gasteiger partial charge in [0.2, 0.25) is 0 Å². The number of anilines is 1. The Morgan fingerprint density at radius 2 is 1.63 bits per heavy atom. The highest BCUT2D eigenvalue weighted by atomic mass is 19.3. The lowest BCUT2D eigenvalue weighted by atomic mass is 10.1. The molecule has 2 atom stereocenters. The minimum absolute atomic E-state index is 0.119. The van der Waals surface area contributed by atoms with Crippen LogP contribution in [-0.4, -0.2) is 24.5 Å². The number of amides is 3. The molecule has 0 saturated heterocycles. The van der Waals surface area contributed by atoms with E-state index in [0.717, 1.165) is 18.2 Å². The molecule has 3 rings (SSSR count). The van der Waals surface area contributed by atoms with Gasteiger partial charge in [-0.2, -0.15) is 0 Å². The Balaban J connectivity index is 1.64. The second-order valence-corrected chi connectivity index (χ2v) is 7.32. The van der Waals surface area contributed by atoms with Gasteiger partial charge in [-0.25, -0.2) is 22.4 Å². The molecule has 2 unspecified atom stereocenters. The minimum Gasteiger partial charge on any atom is -0.492 e. The van der Waals surface area contributed by atoms with E-state index in [1.807, 2.05) is 5.32 Å². The first kappa shape index (κ1) is 21.6. The highest BCUT2D eigenvalue weighted by Crippen LogP contribution is 2.54. The summed E-state index contributed by atoms with van der Waals surface area (Å²) in [5.41, 5.74) is 0.610. The fourth-order valence-corrected chi connectivity index (χ4v) is 3.28. The Labute approximate surface area is 170 Å². The van der Waals surface area contributed by atoms with Crippen LogP contribution in [0.1, 0.15) is 28.4 Å². The number of carbonyl (C=O) groups is 2. The summed E-state index contributed by atoms with van der Waals surface area (Å²) in [7, 11) is 0. The first-order valence-electron chi connectivity index (χ1n) is 9.20. The largest absolute Gasteiger partial charge is 0.492 e. The van der Waals surface area contributed by atoms with E-state index in [0.29, 0.717) is 22.6 Å². The number of benzene rings is 2. The Hall–Kier alpha value is -3.10. The van der Waals surface area contributed by atoms with Crippen LogP contribution in [0.15, 0.2) is 30.3 Å². The lowest BCUT2D eigenvalue weighted by molar-refractivity contribution is 0.0763. The predicted octanol–water partition coefficient (Wildman–Crippen LogP) is 4.82. The van der Waals surface area contributed by atoms with Crippen LogP contribution in [0, 0.1) is 37.3 Å². The Morgan fingerprint density at radius 1 is 1.10 bits per heavy atom. The van der Waals surface area contributed by atoms with Gasteiger partial charge < -0.3 is 10.1 Å². The van der Waals surface area contributed by atoms with Gasteiger partial charge in [0.25, 0.3) is 11.8 Å². The molecule has 1 aliphatic carbocycles. The number of ether oxygens (including phenoxy) is 1. The molecule has 0 aromatic heterocycles. The second kappa shape index (κ2) is 7.97. The summed E-state index contributed by atoms with van der Waals surface area (Å²) >= 11 is 0. The maximum absolute atomic E-state index is 13.6. The van der Waals surface area contributed by atoms with Crippen LogP contribution in [0.3, 0.4) is 0 Å². The van der Waals surface area contributed by atoms with Crippen molar-refractivity contribution in [3.8, 4) is 5.75 Å². The molecule has 0 bridgehead atoms. The van der Waals surface area contributed by atoms with E-state index in [4.69, 9.17) is 4.74 Å². The van der Waals surface area contributed by atoms with Crippen LogP contribution in [0.2, 0.25) is 0 Å². The lowest BCUT2D eigenvalue weighted by Crippen LogP contribution is -2.35. The topological polar surface area (TPSA) is 67.4 Å². The number of imide groups is 1. The maximum Gasteiger partial charge on any atom is 0.326 e. The molecule has 2 aromatic rings. The van der Waals surface area contributed by atoms with Crippen LogP contribution in [-0.2, 0) is 0 Å². The normalized spacial score (nSPS) is 19.2. The van der Waals surface area contributed by atoms with Crippen molar-refractivity contribution < 1.29 is 31.9 Å². The Morgan fingerprint density at radius 3 is 2.13 bits per heavy atom. The van der Waals surface area contributed by atoms with Gasteiger partial charge in [0.1, 0.15) is 22.9 Å². The van der Waals surface area contributed by atoms with Gasteiger partial charge in [-0.15, -0.1) is 0 Å². The number of hydrogen-bond donors (Lipinski definition) is 2. The number of urea groups is 1. The Bertz CT molecular complexity index is 966. The van der Waals surface area contributed by atoms with Crippen LogP contribution < -0.4 is 15.4 Å². The molecular formula is C21H20F4N2O3. The summed E-state index contributed by atoms with van der Waals surface area (Å²) in [6.45, 7) is 4.71. The first-order valence-corrected chi connectivity index (χ1v) is 9.20. The molecule has 2 aromatic carbocycles. The van der Waals surface area contributed by atoms with Gasteiger partial charge in [0.15, 0.2) is 0 Å². The van der Waals surface area contributed by atoms with E-state index < -0.39 is 46.9 Å². The third-order valence-corrected chi connectivity index (χ3v) is 5.14. The molecule has 1 fully saturated rings. The summed E-state index contributed by atoms with van der Waals surface area (Å²) in [5, 5.41) is 4.25. The quantitative estimate of drug-likeness (QED) is 0.676. The molecule has 30 heavy (non-hydrogen) atoms. The van der Waals surface area contributed by atoms with Crippen LogP contribution in [0.25, 0.3) is 0 Å². The predicted molar refractivity (Wildman–Crippen MR) is 102 cm³/mol. The molecule has 0 spiro atoms. The van der Waals surface area contributed by atoms with Crippen molar-refractivity contribution in [1.29, 1.82) is 0 Å². The third-order valence-electron chi connectivity index (χ3n) is 5.14. The monoisotopic (exact) mass is 424 g/mol. The molecule has 0 aliphatic heterocycles. The van der Waals surface area contributed by atoms with Gasteiger partial charge in [-0.3, -0.25) is 10.1 Å². The number of aryl methyl sites for hydroxylation is 2.